The molecule has 1 unspecified atom stereocenters. The highest BCUT2D eigenvalue weighted by Gasteiger charge is 2.49. The van der Waals surface area contributed by atoms with Gasteiger partial charge in [-0.25, -0.2) is 8.42 Å². The molecule has 1 fully saturated rings. The summed E-state index contributed by atoms with van der Waals surface area (Å²) in [5, 5.41) is 0.427. The molecule has 0 aromatic heterocycles. The monoisotopic (exact) mass is 372 g/mol. The van der Waals surface area contributed by atoms with Crippen molar-refractivity contribution in [3.8, 4) is 0 Å². The number of carbonyl (C=O) groups excluding carboxylic acids is 2. The number of rotatable bonds is 6. The number of halogens is 1. The van der Waals surface area contributed by atoms with E-state index in [9.17, 15) is 18.0 Å². The molecule has 1 atom stereocenters. The first-order valence-electron chi connectivity index (χ1n) is 7.78. The minimum atomic E-state index is -3.87. The average Bonchev–Trinajstić information content (AvgIpc) is 2.44. The molecule has 0 bridgehead atoms. The van der Waals surface area contributed by atoms with Crippen molar-refractivity contribution in [2.75, 3.05) is 6.54 Å². The van der Waals surface area contributed by atoms with Crippen LogP contribution >= 0.6 is 11.6 Å². The largest absolute Gasteiger partial charge is 0.328 e. The van der Waals surface area contributed by atoms with E-state index in [-0.39, 0.29) is 11.7 Å². The summed E-state index contributed by atoms with van der Waals surface area (Å²) in [6.07, 6.45) is 1.47. The van der Waals surface area contributed by atoms with Gasteiger partial charge in [0.15, 0.2) is 0 Å². The van der Waals surface area contributed by atoms with Crippen molar-refractivity contribution in [3.05, 3.63) is 34.9 Å². The summed E-state index contributed by atoms with van der Waals surface area (Å²) >= 11 is 5.84. The van der Waals surface area contributed by atoms with Crippen LogP contribution in [0.4, 0.5) is 0 Å². The molecule has 0 spiro atoms. The van der Waals surface area contributed by atoms with Gasteiger partial charge in [-0.3, -0.25) is 14.3 Å². The Labute approximate surface area is 147 Å². The van der Waals surface area contributed by atoms with E-state index in [2.05, 4.69) is 4.72 Å². The fourth-order valence-corrected chi connectivity index (χ4v) is 4.08. The molecule has 1 aromatic carbocycles. The van der Waals surface area contributed by atoms with Gasteiger partial charge in [0.2, 0.25) is 15.9 Å². The molecule has 6 nitrogen and oxygen atoms in total. The average molecular weight is 373 g/mol. The van der Waals surface area contributed by atoms with Crippen LogP contribution < -0.4 is 4.72 Å². The van der Waals surface area contributed by atoms with Gasteiger partial charge >= 0.3 is 0 Å². The van der Waals surface area contributed by atoms with Crippen LogP contribution in [0.3, 0.4) is 0 Å². The zero-order valence-electron chi connectivity index (χ0n) is 13.7. The Morgan fingerprint density at radius 1 is 1.38 bits per heavy atom. The van der Waals surface area contributed by atoms with Gasteiger partial charge in [0, 0.05) is 18.0 Å². The van der Waals surface area contributed by atoms with Crippen LogP contribution in [0.1, 0.15) is 38.7 Å². The van der Waals surface area contributed by atoms with Crippen molar-refractivity contribution in [2.45, 2.75) is 44.4 Å². The van der Waals surface area contributed by atoms with E-state index in [0.717, 1.165) is 0 Å². The van der Waals surface area contributed by atoms with Crippen molar-refractivity contribution < 1.29 is 18.0 Å². The Morgan fingerprint density at radius 3 is 2.62 bits per heavy atom. The van der Waals surface area contributed by atoms with E-state index < -0.39 is 21.5 Å². The second-order valence-corrected chi connectivity index (χ2v) is 8.30. The first-order valence-corrected chi connectivity index (χ1v) is 9.81. The maximum Gasteiger partial charge on any atom is 0.259 e. The molecule has 0 aliphatic carbocycles. The smallest absolute Gasteiger partial charge is 0.259 e. The SMILES string of the molecule is CCCC(=O)N1CCC1(C)C(=O)NS(=O)(=O)Cc1cccc(Cl)c1. The number of likely N-dealkylation sites (tertiary alicyclic amines) is 1. The van der Waals surface area contributed by atoms with Crippen LogP contribution in [-0.2, 0) is 25.4 Å². The number of hydrogen-bond donors (Lipinski definition) is 1. The Hall–Kier alpha value is -1.60. The van der Waals surface area contributed by atoms with Crippen LogP contribution in [0, 0.1) is 0 Å². The van der Waals surface area contributed by atoms with Crippen molar-refractivity contribution in [3.63, 3.8) is 0 Å². The molecule has 1 saturated heterocycles. The quantitative estimate of drug-likeness (QED) is 0.828. The van der Waals surface area contributed by atoms with Gasteiger partial charge in [0.25, 0.3) is 5.91 Å². The lowest BCUT2D eigenvalue weighted by atomic mass is 9.85. The maximum absolute atomic E-state index is 12.4. The van der Waals surface area contributed by atoms with Gasteiger partial charge in [-0.05, 0) is 37.5 Å². The Bertz CT molecular complexity index is 750. The molecule has 2 amide bonds. The number of nitrogens with one attached hydrogen (secondary N) is 1. The van der Waals surface area contributed by atoms with Crippen LogP contribution in [0.15, 0.2) is 24.3 Å². The lowest BCUT2D eigenvalue weighted by molar-refractivity contribution is -0.156. The molecule has 1 aliphatic rings. The second-order valence-electron chi connectivity index (χ2n) is 6.14. The van der Waals surface area contributed by atoms with Crippen LogP contribution in [0.2, 0.25) is 5.02 Å². The molecule has 132 valence electrons. The highest BCUT2D eigenvalue weighted by atomic mass is 35.5. The molecular weight excluding hydrogens is 352 g/mol. The van der Waals surface area contributed by atoms with E-state index >= 15 is 0 Å². The lowest BCUT2D eigenvalue weighted by Crippen LogP contribution is -2.67. The molecule has 1 N–H and O–H groups in total. The standard InChI is InChI=1S/C16H21ClN2O4S/c1-3-5-14(20)19-9-8-16(19,2)15(21)18-24(22,23)11-12-6-4-7-13(17)10-12/h4,6-7,10H,3,5,8-9,11H2,1-2H3,(H,18,21). The third-order valence-corrected chi connectivity index (χ3v) is 5.61. The Balaban J connectivity index is 2.06. The molecule has 1 aromatic rings. The predicted octanol–water partition coefficient (Wildman–Crippen LogP) is 2.08. The van der Waals surface area contributed by atoms with Crippen LogP contribution in [0.5, 0.6) is 0 Å². The summed E-state index contributed by atoms with van der Waals surface area (Å²) in [6, 6.07) is 6.45. The highest BCUT2D eigenvalue weighted by molar-refractivity contribution is 7.89. The zero-order chi connectivity index (χ0) is 18.0. The number of benzene rings is 1. The van der Waals surface area contributed by atoms with Crippen LogP contribution in [0.25, 0.3) is 0 Å². The topological polar surface area (TPSA) is 83.6 Å². The molecule has 1 aliphatic heterocycles. The number of carbonyl (C=O) groups is 2. The normalized spacial score (nSPS) is 20.4. The molecule has 0 saturated carbocycles. The van der Waals surface area contributed by atoms with Gasteiger partial charge < -0.3 is 4.90 Å². The van der Waals surface area contributed by atoms with E-state index in [4.69, 9.17) is 11.6 Å². The minimum absolute atomic E-state index is 0.131. The van der Waals surface area contributed by atoms with Crippen molar-refractivity contribution >= 4 is 33.4 Å². The Morgan fingerprint density at radius 2 is 2.08 bits per heavy atom. The number of hydrogen-bond acceptors (Lipinski definition) is 4. The van der Waals surface area contributed by atoms with Crippen LogP contribution in [-0.4, -0.2) is 37.2 Å². The lowest BCUT2D eigenvalue weighted by Gasteiger charge is -2.49. The van der Waals surface area contributed by atoms with Crippen molar-refractivity contribution in [1.82, 2.24) is 9.62 Å². The van der Waals surface area contributed by atoms with Crippen molar-refractivity contribution in [2.24, 2.45) is 0 Å². The second kappa shape index (κ2) is 7.11. The first-order chi connectivity index (χ1) is 11.2. The summed E-state index contributed by atoms with van der Waals surface area (Å²) in [4.78, 5) is 25.9. The van der Waals surface area contributed by atoms with E-state index in [1.807, 2.05) is 6.92 Å². The maximum atomic E-state index is 12.4. The van der Waals surface area contributed by atoms with E-state index in [0.29, 0.717) is 36.4 Å². The number of nitrogens with zero attached hydrogens (tertiary/aromatic N) is 1. The molecule has 2 rings (SSSR count). The fourth-order valence-electron chi connectivity index (χ4n) is 2.68. The molecule has 0 radical (unpaired) electrons. The summed E-state index contributed by atoms with van der Waals surface area (Å²) in [6.45, 7) is 3.94. The summed E-state index contributed by atoms with van der Waals surface area (Å²) in [7, 11) is -3.87. The Kier molecular flexibility index (Phi) is 5.55. The fraction of sp³-hybridized carbons (Fsp3) is 0.500. The summed E-state index contributed by atoms with van der Waals surface area (Å²) in [5.41, 5.74) is -0.617. The zero-order valence-corrected chi connectivity index (χ0v) is 15.3. The predicted molar refractivity (Wildman–Crippen MR) is 91.9 cm³/mol. The number of sulfonamides is 1. The van der Waals surface area contributed by atoms with Gasteiger partial charge in [-0.2, -0.15) is 0 Å². The molecule has 24 heavy (non-hydrogen) atoms. The van der Waals surface area contributed by atoms with Gasteiger partial charge in [0.1, 0.15) is 5.54 Å². The van der Waals surface area contributed by atoms with Gasteiger partial charge in [-0.1, -0.05) is 30.7 Å². The summed E-state index contributed by atoms with van der Waals surface area (Å²) < 4.78 is 26.6. The first kappa shape index (κ1) is 18.7. The molecular formula is C16H21ClN2O4S. The van der Waals surface area contributed by atoms with Crippen molar-refractivity contribution in [1.29, 1.82) is 0 Å². The van der Waals surface area contributed by atoms with E-state index in [1.54, 1.807) is 25.1 Å². The third kappa shape index (κ3) is 4.08. The summed E-state index contributed by atoms with van der Waals surface area (Å²) in [5.74, 6) is -1.15. The van der Waals surface area contributed by atoms with Gasteiger partial charge in [-0.15, -0.1) is 0 Å². The molecule has 8 heteroatoms. The molecule has 1 heterocycles. The van der Waals surface area contributed by atoms with Gasteiger partial charge in [0.05, 0.1) is 5.75 Å². The number of amides is 2. The minimum Gasteiger partial charge on any atom is -0.328 e. The highest BCUT2D eigenvalue weighted by Crippen LogP contribution is 2.31. The third-order valence-electron chi connectivity index (χ3n) is 4.17. The van der Waals surface area contributed by atoms with E-state index in [1.165, 1.54) is 11.0 Å².